The van der Waals surface area contributed by atoms with Crippen LogP contribution in [0.15, 0.2) is 0 Å². The summed E-state index contributed by atoms with van der Waals surface area (Å²) in [6.07, 6.45) is 1.10. The van der Waals surface area contributed by atoms with Crippen molar-refractivity contribution in [2.45, 2.75) is 6.42 Å². The van der Waals surface area contributed by atoms with Gasteiger partial charge in [0.2, 0.25) is 0 Å². The standard InChI is InChI=1S/C5H14N2.Na.H2O/c1-7(2)5-3-4-6;;/h3-6H2,1-2H3;;1H2/q;+1;/p-1. The van der Waals surface area contributed by atoms with E-state index in [1.54, 1.807) is 0 Å². The normalized spacial score (nSPS) is 8.00. The van der Waals surface area contributed by atoms with Crippen molar-refractivity contribution in [3.8, 4) is 0 Å². The van der Waals surface area contributed by atoms with Gasteiger partial charge in [-0.3, -0.25) is 0 Å². The zero-order valence-electron chi connectivity index (χ0n) is 6.59. The molecule has 0 saturated carbocycles. The van der Waals surface area contributed by atoms with Crippen LogP contribution in [0, 0.1) is 0 Å². The SMILES string of the molecule is CN(C)CCCN.[Na+].[OH-]. The Balaban J connectivity index is -0.000000180. The summed E-state index contributed by atoms with van der Waals surface area (Å²) in [4.78, 5) is 2.13. The maximum Gasteiger partial charge on any atom is 1.00 e. The summed E-state index contributed by atoms with van der Waals surface area (Å²) in [6.45, 7) is 1.91. The van der Waals surface area contributed by atoms with Crippen LogP contribution in [0.3, 0.4) is 0 Å². The average Bonchev–Trinajstić information content (AvgIpc) is 1.61. The van der Waals surface area contributed by atoms with Crippen molar-refractivity contribution in [3.05, 3.63) is 0 Å². The van der Waals surface area contributed by atoms with Crippen molar-refractivity contribution in [2.24, 2.45) is 5.73 Å². The molecule has 0 spiro atoms. The van der Waals surface area contributed by atoms with E-state index in [1.165, 1.54) is 0 Å². The van der Waals surface area contributed by atoms with E-state index < -0.39 is 0 Å². The smallest absolute Gasteiger partial charge is 0.870 e. The molecule has 0 rings (SSSR count). The van der Waals surface area contributed by atoms with E-state index in [1.807, 2.05) is 0 Å². The van der Waals surface area contributed by atoms with E-state index in [4.69, 9.17) is 5.73 Å². The molecular formula is C5H15N2NaO. The minimum atomic E-state index is 0. The fourth-order valence-corrected chi connectivity index (χ4v) is 0.408. The molecule has 3 N–H and O–H groups in total. The Bertz CT molecular complexity index is 43.9. The Morgan fingerprint density at radius 2 is 1.78 bits per heavy atom. The van der Waals surface area contributed by atoms with Crippen molar-refractivity contribution in [1.29, 1.82) is 0 Å². The first-order valence-electron chi connectivity index (χ1n) is 2.62. The van der Waals surface area contributed by atoms with Gasteiger partial charge >= 0.3 is 29.6 Å². The van der Waals surface area contributed by atoms with Crippen molar-refractivity contribution in [1.82, 2.24) is 4.90 Å². The molecule has 0 saturated heterocycles. The molecule has 0 amide bonds. The van der Waals surface area contributed by atoms with Crippen molar-refractivity contribution in [2.75, 3.05) is 27.2 Å². The van der Waals surface area contributed by atoms with Gasteiger partial charge in [-0.2, -0.15) is 0 Å². The first-order valence-corrected chi connectivity index (χ1v) is 2.62. The van der Waals surface area contributed by atoms with Gasteiger partial charge < -0.3 is 16.1 Å². The summed E-state index contributed by atoms with van der Waals surface area (Å²) in [5.41, 5.74) is 5.25. The van der Waals surface area contributed by atoms with E-state index >= 15 is 0 Å². The topological polar surface area (TPSA) is 59.3 Å². The van der Waals surface area contributed by atoms with E-state index in [0.29, 0.717) is 0 Å². The van der Waals surface area contributed by atoms with E-state index in [2.05, 4.69) is 19.0 Å². The molecule has 0 unspecified atom stereocenters. The van der Waals surface area contributed by atoms with Gasteiger partial charge in [-0.05, 0) is 33.6 Å². The summed E-state index contributed by atoms with van der Waals surface area (Å²) < 4.78 is 0. The van der Waals surface area contributed by atoms with Crippen molar-refractivity contribution in [3.63, 3.8) is 0 Å². The van der Waals surface area contributed by atoms with Crippen LogP contribution in [-0.4, -0.2) is 37.6 Å². The maximum atomic E-state index is 5.25. The van der Waals surface area contributed by atoms with Gasteiger partial charge in [0.05, 0.1) is 0 Å². The fraction of sp³-hybridized carbons (Fsp3) is 1.00. The first-order chi connectivity index (χ1) is 3.27. The van der Waals surface area contributed by atoms with Crippen molar-refractivity contribution >= 4 is 0 Å². The number of nitrogens with zero attached hydrogens (tertiary/aromatic N) is 1. The summed E-state index contributed by atoms with van der Waals surface area (Å²) in [5.74, 6) is 0. The molecular weight excluding hydrogens is 127 g/mol. The Labute approximate surface area is 79.2 Å². The zero-order valence-corrected chi connectivity index (χ0v) is 8.59. The van der Waals surface area contributed by atoms with Crippen LogP contribution in [0.1, 0.15) is 6.42 Å². The van der Waals surface area contributed by atoms with Crippen LogP contribution in [0.5, 0.6) is 0 Å². The second kappa shape index (κ2) is 11.6. The van der Waals surface area contributed by atoms with Crippen LogP contribution in [0.2, 0.25) is 0 Å². The van der Waals surface area contributed by atoms with Crippen LogP contribution in [0.25, 0.3) is 0 Å². The molecule has 0 bridgehead atoms. The summed E-state index contributed by atoms with van der Waals surface area (Å²) in [6, 6.07) is 0. The average molecular weight is 142 g/mol. The molecule has 9 heavy (non-hydrogen) atoms. The second-order valence-electron chi connectivity index (χ2n) is 1.95. The molecule has 3 nitrogen and oxygen atoms in total. The summed E-state index contributed by atoms with van der Waals surface area (Å²) in [7, 11) is 4.10. The summed E-state index contributed by atoms with van der Waals surface area (Å²) in [5, 5.41) is 0. The van der Waals surface area contributed by atoms with E-state index in [-0.39, 0.29) is 35.0 Å². The molecule has 0 aromatic heterocycles. The van der Waals surface area contributed by atoms with Crippen LogP contribution < -0.4 is 35.3 Å². The Morgan fingerprint density at radius 3 is 1.89 bits per heavy atom. The Hall–Kier alpha value is 0.880. The van der Waals surface area contributed by atoms with Gasteiger partial charge in [0.15, 0.2) is 0 Å². The van der Waals surface area contributed by atoms with E-state index in [0.717, 1.165) is 19.5 Å². The number of hydrogen-bond donors (Lipinski definition) is 1. The van der Waals surface area contributed by atoms with Crippen LogP contribution >= 0.6 is 0 Å². The molecule has 0 aliphatic heterocycles. The molecule has 0 heterocycles. The monoisotopic (exact) mass is 142 g/mol. The van der Waals surface area contributed by atoms with Crippen LogP contribution in [-0.2, 0) is 0 Å². The Kier molecular flexibility index (Phi) is 21.3. The Morgan fingerprint density at radius 1 is 1.33 bits per heavy atom. The quantitative estimate of drug-likeness (QED) is 0.420. The molecule has 0 aliphatic rings. The third-order valence-electron chi connectivity index (χ3n) is 0.809. The maximum absolute atomic E-state index is 5.25. The zero-order chi connectivity index (χ0) is 5.70. The van der Waals surface area contributed by atoms with Crippen LogP contribution in [0.4, 0.5) is 0 Å². The van der Waals surface area contributed by atoms with Gasteiger partial charge in [0.1, 0.15) is 0 Å². The molecule has 0 fully saturated rings. The van der Waals surface area contributed by atoms with Gasteiger partial charge in [-0.25, -0.2) is 0 Å². The second-order valence-corrected chi connectivity index (χ2v) is 1.95. The third-order valence-corrected chi connectivity index (χ3v) is 0.809. The first kappa shape index (κ1) is 16.5. The molecule has 0 atom stereocenters. The van der Waals surface area contributed by atoms with Gasteiger partial charge in [0, 0.05) is 0 Å². The minimum absolute atomic E-state index is 0. The number of nitrogens with two attached hydrogens (primary N) is 1. The predicted molar refractivity (Wildman–Crippen MR) is 34.2 cm³/mol. The van der Waals surface area contributed by atoms with Gasteiger partial charge in [-0.15, -0.1) is 0 Å². The van der Waals surface area contributed by atoms with Gasteiger partial charge in [-0.1, -0.05) is 0 Å². The van der Waals surface area contributed by atoms with E-state index in [9.17, 15) is 0 Å². The summed E-state index contributed by atoms with van der Waals surface area (Å²) >= 11 is 0. The minimum Gasteiger partial charge on any atom is -0.870 e. The molecule has 52 valence electrons. The predicted octanol–water partition coefficient (Wildman–Crippen LogP) is -3.28. The molecule has 0 aliphatic carbocycles. The largest absolute Gasteiger partial charge is 1.00 e. The fourth-order valence-electron chi connectivity index (χ4n) is 0.408. The molecule has 0 aromatic carbocycles. The van der Waals surface area contributed by atoms with Crippen molar-refractivity contribution < 1.29 is 35.0 Å². The third kappa shape index (κ3) is 17.7. The number of rotatable bonds is 3. The van der Waals surface area contributed by atoms with Gasteiger partial charge in [0.25, 0.3) is 0 Å². The molecule has 0 radical (unpaired) electrons. The number of hydrogen-bond acceptors (Lipinski definition) is 3. The molecule has 4 heteroatoms. The molecule has 0 aromatic rings.